The smallest absolute Gasteiger partial charge is 0.257 e. The molecular formula is C20H15N6OP. The van der Waals surface area contributed by atoms with Crippen molar-refractivity contribution in [3.8, 4) is 11.4 Å². The van der Waals surface area contributed by atoms with Crippen LogP contribution < -0.4 is 10.6 Å². The Hall–Kier alpha value is -3.57. The van der Waals surface area contributed by atoms with Crippen LogP contribution in [0.5, 0.6) is 0 Å². The van der Waals surface area contributed by atoms with Gasteiger partial charge in [-0.15, -0.1) is 9.24 Å². The predicted molar refractivity (Wildman–Crippen MR) is 113 cm³/mol. The van der Waals surface area contributed by atoms with Crippen molar-refractivity contribution in [3.05, 3.63) is 66.5 Å². The number of hydrogen-bond donors (Lipinski definition) is 3. The fourth-order valence-corrected chi connectivity index (χ4v) is 3.28. The summed E-state index contributed by atoms with van der Waals surface area (Å²) < 4.78 is 0. The van der Waals surface area contributed by atoms with E-state index in [1.165, 1.54) is 0 Å². The molecule has 0 radical (unpaired) electrons. The van der Waals surface area contributed by atoms with E-state index in [2.05, 4.69) is 39.7 Å². The lowest BCUT2D eigenvalue weighted by atomic mass is 10.2. The fraction of sp³-hybridized carbons (Fsp3) is 0. The van der Waals surface area contributed by atoms with E-state index in [4.69, 9.17) is 0 Å². The first-order valence-corrected chi connectivity index (χ1v) is 9.20. The third-order valence-electron chi connectivity index (χ3n) is 4.52. The molecule has 2 aromatic carbocycles. The normalized spacial score (nSPS) is 11.2. The van der Waals surface area contributed by atoms with Gasteiger partial charge in [-0.1, -0.05) is 24.3 Å². The lowest BCUT2D eigenvalue weighted by molar-refractivity contribution is 0.102. The van der Waals surface area contributed by atoms with Gasteiger partial charge in [0.2, 0.25) is 0 Å². The maximum atomic E-state index is 12.9. The molecule has 5 rings (SSSR count). The molecule has 0 aliphatic rings. The summed E-state index contributed by atoms with van der Waals surface area (Å²) in [7, 11) is 2.65. The van der Waals surface area contributed by atoms with Gasteiger partial charge < -0.3 is 10.3 Å². The number of aromatic amines is 2. The van der Waals surface area contributed by atoms with E-state index in [-0.39, 0.29) is 5.91 Å². The van der Waals surface area contributed by atoms with Crippen molar-refractivity contribution in [1.82, 2.24) is 25.1 Å². The second kappa shape index (κ2) is 6.55. The average Bonchev–Trinajstić information content (AvgIpc) is 3.34. The largest absolute Gasteiger partial charge is 0.336 e. The SMILES string of the molecule is O=C(Nc1ccc2cn[nH]c2c1)c1ccnc2nc(-c3ccc(P)cc3)[nH]c12. The first-order chi connectivity index (χ1) is 13.7. The Balaban J connectivity index is 1.50. The van der Waals surface area contributed by atoms with Gasteiger partial charge >= 0.3 is 0 Å². The summed E-state index contributed by atoms with van der Waals surface area (Å²) in [6, 6.07) is 15.2. The molecule has 28 heavy (non-hydrogen) atoms. The van der Waals surface area contributed by atoms with Crippen molar-refractivity contribution in [3.63, 3.8) is 0 Å². The first kappa shape index (κ1) is 16.6. The van der Waals surface area contributed by atoms with Gasteiger partial charge in [0.15, 0.2) is 5.65 Å². The summed E-state index contributed by atoms with van der Waals surface area (Å²) in [6.45, 7) is 0. The number of rotatable bonds is 3. The molecule has 0 spiro atoms. The highest BCUT2D eigenvalue weighted by molar-refractivity contribution is 7.27. The quantitative estimate of drug-likeness (QED) is 0.415. The molecule has 1 amide bonds. The van der Waals surface area contributed by atoms with Crippen LogP contribution in [0.4, 0.5) is 5.69 Å². The molecular weight excluding hydrogens is 371 g/mol. The zero-order valence-electron chi connectivity index (χ0n) is 14.6. The van der Waals surface area contributed by atoms with Gasteiger partial charge in [-0.3, -0.25) is 9.89 Å². The molecule has 0 saturated heterocycles. The molecule has 8 heteroatoms. The minimum atomic E-state index is -0.234. The van der Waals surface area contributed by atoms with Crippen LogP contribution in [0.2, 0.25) is 0 Å². The van der Waals surface area contributed by atoms with Crippen LogP contribution in [0.25, 0.3) is 33.5 Å². The summed E-state index contributed by atoms with van der Waals surface area (Å²) >= 11 is 0. The van der Waals surface area contributed by atoms with Gasteiger partial charge in [-0.25, -0.2) is 9.97 Å². The van der Waals surface area contributed by atoms with Gasteiger partial charge in [0.25, 0.3) is 5.91 Å². The number of pyridine rings is 1. The van der Waals surface area contributed by atoms with Crippen molar-refractivity contribution in [2.75, 3.05) is 5.32 Å². The highest BCUT2D eigenvalue weighted by Crippen LogP contribution is 2.23. The van der Waals surface area contributed by atoms with Crippen LogP contribution in [0, 0.1) is 0 Å². The Morgan fingerprint density at radius 3 is 2.79 bits per heavy atom. The number of nitrogens with zero attached hydrogens (tertiary/aromatic N) is 3. The number of carbonyl (C=O) groups is 1. The van der Waals surface area contributed by atoms with Gasteiger partial charge in [0.05, 0.1) is 22.8 Å². The Bertz CT molecular complexity index is 1320. The molecule has 136 valence electrons. The van der Waals surface area contributed by atoms with E-state index in [0.717, 1.165) is 21.8 Å². The lowest BCUT2D eigenvalue weighted by Crippen LogP contribution is -2.12. The number of amides is 1. The fourth-order valence-electron chi connectivity index (χ4n) is 3.09. The van der Waals surface area contributed by atoms with Gasteiger partial charge in [-0.05, 0) is 29.6 Å². The van der Waals surface area contributed by atoms with Crippen LogP contribution in [0.15, 0.2) is 60.9 Å². The van der Waals surface area contributed by atoms with Crippen LogP contribution >= 0.6 is 9.24 Å². The standard InChI is InChI=1S/C20H15N6OP/c27-20(23-13-4-1-12-10-22-26-16(12)9-13)15-7-8-21-19-17(15)24-18(25-19)11-2-5-14(28)6-3-11/h1-10H,28H2,(H,22,26)(H,23,27)(H,21,24,25). The third-order valence-corrected chi connectivity index (χ3v) is 4.91. The maximum absolute atomic E-state index is 12.9. The number of hydrogen-bond acceptors (Lipinski definition) is 4. The van der Waals surface area contributed by atoms with E-state index in [9.17, 15) is 4.79 Å². The molecule has 0 aliphatic carbocycles. The van der Waals surface area contributed by atoms with E-state index in [1.807, 2.05) is 42.5 Å². The molecule has 0 bridgehead atoms. The van der Waals surface area contributed by atoms with Crippen molar-refractivity contribution >= 4 is 48.2 Å². The zero-order chi connectivity index (χ0) is 19.1. The van der Waals surface area contributed by atoms with E-state index in [0.29, 0.717) is 28.2 Å². The average molecular weight is 386 g/mol. The summed E-state index contributed by atoms with van der Waals surface area (Å²) in [5.74, 6) is 0.438. The summed E-state index contributed by atoms with van der Waals surface area (Å²) in [5, 5.41) is 11.9. The number of H-pyrrole nitrogens is 2. The molecule has 3 aromatic heterocycles. The predicted octanol–water partition coefficient (Wildman–Crippen LogP) is 3.25. The summed E-state index contributed by atoms with van der Waals surface area (Å²) in [4.78, 5) is 24.9. The van der Waals surface area contributed by atoms with E-state index in [1.54, 1.807) is 18.5 Å². The van der Waals surface area contributed by atoms with E-state index < -0.39 is 0 Å². The maximum Gasteiger partial charge on any atom is 0.257 e. The Morgan fingerprint density at radius 2 is 1.93 bits per heavy atom. The minimum Gasteiger partial charge on any atom is -0.336 e. The molecule has 1 atom stereocenters. The van der Waals surface area contributed by atoms with Gasteiger partial charge in [-0.2, -0.15) is 5.10 Å². The van der Waals surface area contributed by atoms with Crippen molar-refractivity contribution in [2.24, 2.45) is 0 Å². The lowest BCUT2D eigenvalue weighted by Gasteiger charge is -2.06. The number of nitrogens with one attached hydrogen (secondary N) is 3. The zero-order valence-corrected chi connectivity index (χ0v) is 15.8. The number of fused-ring (bicyclic) bond motifs is 2. The highest BCUT2D eigenvalue weighted by Gasteiger charge is 2.15. The van der Waals surface area contributed by atoms with Crippen molar-refractivity contribution in [1.29, 1.82) is 0 Å². The van der Waals surface area contributed by atoms with Crippen molar-refractivity contribution < 1.29 is 4.79 Å². The number of imidazole rings is 1. The summed E-state index contributed by atoms with van der Waals surface area (Å²) in [6.07, 6.45) is 3.33. The Kier molecular flexibility index (Phi) is 3.88. The molecule has 5 aromatic rings. The monoisotopic (exact) mass is 386 g/mol. The number of anilines is 1. The molecule has 3 heterocycles. The molecule has 0 fully saturated rings. The summed E-state index contributed by atoms with van der Waals surface area (Å²) in [5.41, 5.74) is 4.06. The number of carbonyl (C=O) groups excluding carboxylic acids is 1. The third kappa shape index (κ3) is 2.92. The first-order valence-electron chi connectivity index (χ1n) is 8.62. The van der Waals surface area contributed by atoms with Crippen LogP contribution in [-0.4, -0.2) is 31.1 Å². The Morgan fingerprint density at radius 1 is 1.07 bits per heavy atom. The topological polar surface area (TPSA) is 99.3 Å². The number of benzene rings is 2. The van der Waals surface area contributed by atoms with Crippen LogP contribution in [0.1, 0.15) is 10.4 Å². The second-order valence-corrected chi connectivity index (χ2v) is 7.06. The number of aromatic nitrogens is 5. The molecule has 0 saturated carbocycles. The highest BCUT2D eigenvalue weighted by atomic mass is 31.0. The molecule has 1 unspecified atom stereocenters. The molecule has 3 N–H and O–H groups in total. The second-order valence-electron chi connectivity index (χ2n) is 6.39. The van der Waals surface area contributed by atoms with E-state index >= 15 is 0 Å². The Labute approximate surface area is 161 Å². The molecule has 0 aliphatic heterocycles. The minimum absolute atomic E-state index is 0.234. The van der Waals surface area contributed by atoms with Crippen LogP contribution in [0.3, 0.4) is 0 Å². The molecule has 7 nitrogen and oxygen atoms in total. The van der Waals surface area contributed by atoms with Crippen molar-refractivity contribution in [2.45, 2.75) is 0 Å². The van der Waals surface area contributed by atoms with Crippen LogP contribution in [-0.2, 0) is 0 Å². The van der Waals surface area contributed by atoms with Gasteiger partial charge in [0.1, 0.15) is 5.82 Å². The van der Waals surface area contributed by atoms with Gasteiger partial charge in [0, 0.05) is 22.8 Å².